The molecule has 4 rings (SSSR count). The Kier molecular flexibility index (Phi) is 6.96. The van der Waals surface area contributed by atoms with E-state index in [4.69, 9.17) is 9.47 Å². The molecule has 1 atom stereocenters. The van der Waals surface area contributed by atoms with Crippen LogP contribution in [0, 0.1) is 0 Å². The van der Waals surface area contributed by atoms with Gasteiger partial charge < -0.3 is 14.8 Å². The molecule has 2 aromatic rings. The smallest absolute Gasteiger partial charge is 0.251 e. The molecule has 1 unspecified atom stereocenters. The molecule has 2 amide bonds. The van der Waals surface area contributed by atoms with E-state index in [9.17, 15) is 18.0 Å². The normalized spacial score (nSPS) is 19.3. The second kappa shape index (κ2) is 9.90. The number of amides is 2. The summed E-state index contributed by atoms with van der Waals surface area (Å²) >= 11 is 0. The zero-order valence-corrected chi connectivity index (χ0v) is 19.2. The molecule has 2 fully saturated rings. The first-order valence-electron chi connectivity index (χ1n) is 10.8. The van der Waals surface area contributed by atoms with Crippen molar-refractivity contribution >= 4 is 27.5 Å². The van der Waals surface area contributed by atoms with Crippen LogP contribution < -0.4 is 14.4 Å². The molecule has 2 aliphatic rings. The van der Waals surface area contributed by atoms with Crippen LogP contribution in [0.5, 0.6) is 5.75 Å². The number of ether oxygens (including phenoxy) is 2. The molecule has 2 aromatic carbocycles. The number of benzene rings is 2. The lowest BCUT2D eigenvalue weighted by Crippen LogP contribution is -2.44. The summed E-state index contributed by atoms with van der Waals surface area (Å²) in [6.07, 6.45) is -0.0567. The van der Waals surface area contributed by atoms with Gasteiger partial charge in [-0.1, -0.05) is 24.3 Å². The Morgan fingerprint density at radius 2 is 1.91 bits per heavy atom. The number of hydrogen-bond acceptors (Lipinski definition) is 7. The molecular weight excluding hydrogens is 446 g/mol. The third-order valence-electron chi connectivity index (χ3n) is 5.86. The Balaban J connectivity index is 1.54. The number of methoxy groups -OCH3 is 1. The van der Waals surface area contributed by atoms with Crippen LogP contribution in [0.3, 0.4) is 0 Å². The van der Waals surface area contributed by atoms with Crippen LogP contribution in [0.4, 0.5) is 5.69 Å². The van der Waals surface area contributed by atoms with E-state index in [2.05, 4.69) is 10.2 Å². The van der Waals surface area contributed by atoms with Crippen LogP contribution in [0.1, 0.15) is 28.4 Å². The molecule has 2 aliphatic heterocycles. The zero-order chi connectivity index (χ0) is 23.4. The minimum atomic E-state index is -3.70. The molecule has 0 radical (unpaired) electrons. The Morgan fingerprint density at radius 1 is 1.15 bits per heavy atom. The fourth-order valence-electron chi connectivity index (χ4n) is 4.20. The number of rotatable bonds is 7. The molecule has 0 aliphatic carbocycles. The highest BCUT2D eigenvalue weighted by molar-refractivity contribution is 7.94. The number of nitrogens with one attached hydrogen (secondary N) is 1. The molecule has 2 heterocycles. The van der Waals surface area contributed by atoms with Crippen LogP contribution in [-0.4, -0.2) is 70.8 Å². The van der Waals surface area contributed by atoms with Gasteiger partial charge in [0, 0.05) is 37.2 Å². The predicted molar refractivity (Wildman–Crippen MR) is 123 cm³/mol. The Hall–Kier alpha value is -2.95. The van der Waals surface area contributed by atoms with Crippen molar-refractivity contribution in [3.05, 3.63) is 59.7 Å². The summed E-state index contributed by atoms with van der Waals surface area (Å²) in [7, 11) is -2.08. The maximum Gasteiger partial charge on any atom is 0.251 e. The van der Waals surface area contributed by atoms with Crippen molar-refractivity contribution in [2.45, 2.75) is 12.5 Å². The number of carbonyl (C=O) groups excluding carboxylic acids is 2. The summed E-state index contributed by atoms with van der Waals surface area (Å²) < 4.78 is 36.3. The molecular formula is C23H27N3O6S. The van der Waals surface area contributed by atoms with E-state index in [-0.39, 0.29) is 35.4 Å². The Morgan fingerprint density at radius 3 is 2.61 bits per heavy atom. The molecule has 10 heteroatoms. The van der Waals surface area contributed by atoms with Gasteiger partial charge in [0.2, 0.25) is 15.9 Å². The van der Waals surface area contributed by atoms with E-state index < -0.39 is 15.9 Å². The summed E-state index contributed by atoms with van der Waals surface area (Å²) in [5.41, 5.74) is 1.42. The third kappa shape index (κ3) is 5.02. The standard InChI is InChI=1S/C23H27N3O6S/c1-31-21-8-3-2-7-19(21)20(25-10-12-32-13-11-25)16-24-23(28)17-5-4-6-18(15-17)26-22(27)9-14-33(26,29)30/h2-8,15,20H,9-14,16H2,1H3,(H,24,28). The topological polar surface area (TPSA) is 105 Å². The number of morpholine rings is 1. The molecule has 176 valence electrons. The van der Waals surface area contributed by atoms with Crippen molar-refractivity contribution in [3.8, 4) is 5.75 Å². The second-order valence-electron chi connectivity index (χ2n) is 7.89. The highest BCUT2D eigenvalue weighted by Crippen LogP contribution is 2.30. The molecule has 0 spiro atoms. The summed E-state index contributed by atoms with van der Waals surface area (Å²) in [5, 5.41) is 2.97. The fourth-order valence-corrected chi connectivity index (χ4v) is 5.65. The highest BCUT2D eigenvalue weighted by Gasteiger charge is 2.36. The number of anilines is 1. The number of hydrogen-bond donors (Lipinski definition) is 1. The number of para-hydroxylation sites is 1. The number of sulfonamides is 1. The molecule has 0 saturated carbocycles. The van der Waals surface area contributed by atoms with Gasteiger partial charge >= 0.3 is 0 Å². The van der Waals surface area contributed by atoms with E-state index in [1.165, 1.54) is 12.1 Å². The summed E-state index contributed by atoms with van der Waals surface area (Å²) in [6, 6.07) is 13.7. The van der Waals surface area contributed by atoms with Gasteiger partial charge in [-0.15, -0.1) is 0 Å². The minimum absolute atomic E-state index is 0.0567. The molecule has 9 nitrogen and oxygen atoms in total. The third-order valence-corrected chi connectivity index (χ3v) is 7.55. The van der Waals surface area contributed by atoms with Crippen molar-refractivity contribution in [2.24, 2.45) is 0 Å². The van der Waals surface area contributed by atoms with Crippen molar-refractivity contribution in [3.63, 3.8) is 0 Å². The maximum atomic E-state index is 13.0. The van der Waals surface area contributed by atoms with Gasteiger partial charge in [-0.2, -0.15) is 0 Å². The van der Waals surface area contributed by atoms with Crippen molar-refractivity contribution in [1.82, 2.24) is 10.2 Å². The fraction of sp³-hybridized carbons (Fsp3) is 0.391. The van der Waals surface area contributed by atoms with E-state index in [0.29, 0.717) is 19.8 Å². The van der Waals surface area contributed by atoms with Gasteiger partial charge in [-0.25, -0.2) is 12.7 Å². The van der Waals surface area contributed by atoms with Crippen LogP contribution in [0.15, 0.2) is 48.5 Å². The van der Waals surface area contributed by atoms with E-state index in [1.807, 2.05) is 24.3 Å². The number of nitrogens with zero attached hydrogens (tertiary/aromatic N) is 2. The largest absolute Gasteiger partial charge is 0.496 e. The van der Waals surface area contributed by atoms with Gasteiger partial charge in [-0.05, 0) is 24.3 Å². The van der Waals surface area contributed by atoms with Gasteiger partial charge in [0.05, 0.1) is 37.8 Å². The first-order valence-corrected chi connectivity index (χ1v) is 12.4. The first kappa shape index (κ1) is 23.2. The van der Waals surface area contributed by atoms with Crippen LogP contribution in [-0.2, 0) is 19.6 Å². The van der Waals surface area contributed by atoms with Crippen LogP contribution >= 0.6 is 0 Å². The summed E-state index contributed by atoms with van der Waals surface area (Å²) in [5.74, 6) is -0.323. The van der Waals surface area contributed by atoms with Crippen LogP contribution in [0.25, 0.3) is 0 Å². The van der Waals surface area contributed by atoms with Crippen molar-refractivity contribution in [2.75, 3.05) is 50.0 Å². The van der Waals surface area contributed by atoms with Gasteiger partial charge in [0.25, 0.3) is 5.91 Å². The molecule has 0 aromatic heterocycles. The first-order chi connectivity index (χ1) is 15.9. The predicted octanol–water partition coefficient (Wildman–Crippen LogP) is 1.56. The Labute approximate surface area is 193 Å². The van der Waals surface area contributed by atoms with Crippen molar-refractivity contribution in [1.29, 1.82) is 0 Å². The average Bonchev–Trinajstić information content (AvgIpc) is 3.12. The minimum Gasteiger partial charge on any atom is -0.496 e. The van der Waals surface area contributed by atoms with Gasteiger partial charge in [0.15, 0.2) is 0 Å². The van der Waals surface area contributed by atoms with Gasteiger partial charge in [0.1, 0.15) is 5.75 Å². The van der Waals surface area contributed by atoms with E-state index in [1.54, 1.807) is 19.2 Å². The summed E-state index contributed by atoms with van der Waals surface area (Å²) in [4.78, 5) is 27.3. The van der Waals surface area contributed by atoms with Crippen LogP contribution in [0.2, 0.25) is 0 Å². The molecule has 2 saturated heterocycles. The van der Waals surface area contributed by atoms with E-state index in [0.717, 1.165) is 28.7 Å². The average molecular weight is 474 g/mol. The quantitative estimate of drug-likeness (QED) is 0.651. The Bertz CT molecular complexity index is 1130. The zero-order valence-electron chi connectivity index (χ0n) is 18.4. The number of carbonyl (C=O) groups is 2. The lowest BCUT2D eigenvalue weighted by Gasteiger charge is -2.35. The van der Waals surface area contributed by atoms with E-state index >= 15 is 0 Å². The molecule has 0 bridgehead atoms. The SMILES string of the molecule is COc1ccccc1C(CNC(=O)c1cccc(N2C(=O)CCS2(=O)=O)c1)N1CCOCC1. The lowest BCUT2D eigenvalue weighted by molar-refractivity contribution is -0.116. The van der Waals surface area contributed by atoms with Gasteiger partial charge in [-0.3, -0.25) is 14.5 Å². The second-order valence-corrected chi connectivity index (χ2v) is 9.83. The van der Waals surface area contributed by atoms with Crippen molar-refractivity contribution < 1.29 is 27.5 Å². The summed E-state index contributed by atoms with van der Waals surface area (Å²) in [6.45, 7) is 3.00. The molecule has 1 N–H and O–H groups in total. The maximum absolute atomic E-state index is 13.0. The highest BCUT2D eigenvalue weighted by atomic mass is 32.2. The lowest BCUT2D eigenvalue weighted by atomic mass is 10.0. The molecule has 33 heavy (non-hydrogen) atoms. The monoisotopic (exact) mass is 473 g/mol.